The van der Waals surface area contributed by atoms with E-state index in [0.717, 1.165) is 23.6 Å². The first-order chi connectivity index (χ1) is 8.21. The highest BCUT2D eigenvalue weighted by Crippen LogP contribution is 2.25. The Labute approximate surface area is 103 Å². The van der Waals surface area contributed by atoms with Crippen LogP contribution in [0.2, 0.25) is 0 Å². The molecule has 0 radical (unpaired) electrons. The van der Waals surface area contributed by atoms with Gasteiger partial charge in [0.1, 0.15) is 17.6 Å². The fourth-order valence-corrected chi connectivity index (χ4v) is 1.61. The van der Waals surface area contributed by atoms with Gasteiger partial charge in [-0.05, 0) is 32.2 Å². The van der Waals surface area contributed by atoms with Crippen LogP contribution in [0.5, 0.6) is 11.5 Å². The van der Waals surface area contributed by atoms with E-state index in [1.165, 1.54) is 0 Å². The first-order valence-corrected chi connectivity index (χ1v) is 5.68. The summed E-state index contributed by atoms with van der Waals surface area (Å²) in [7, 11) is 5.23. The number of hydrogen-bond donors (Lipinski definition) is 1. The largest absolute Gasteiger partial charge is 0.497 e. The molecular weight excluding hydrogens is 218 g/mol. The van der Waals surface area contributed by atoms with Crippen molar-refractivity contribution < 1.29 is 14.2 Å². The number of rotatable bonds is 7. The molecule has 0 fully saturated rings. The molecule has 1 aromatic carbocycles. The summed E-state index contributed by atoms with van der Waals surface area (Å²) in [5, 5.41) is 3.11. The Bertz CT molecular complexity index is 341. The molecule has 0 spiro atoms. The minimum Gasteiger partial charge on any atom is -0.497 e. The van der Waals surface area contributed by atoms with Crippen LogP contribution in [0.1, 0.15) is 12.5 Å². The Morgan fingerprint density at radius 3 is 2.65 bits per heavy atom. The summed E-state index contributed by atoms with van der Waals surface area (Å²) in [6.07, 6.45) is 0.0315. The molecule has 0 aliphatic heterocycles. The van der Waals surface area contributed by atoms with Gasteiger partial charge < -0.3 is 19.5 Å². The molecular formula is C13H21NO3. The van der Waals surface area contributed by atoms with E-state index in [0.29, 0.717) is 6.61 Å². The first kappa shape index (κ1) is 13.8. The molecule has 1 rings (SSSR count). The summed E-state index contributed by atoms with van der Waals surface area (Å²) in [5.41, 5.74) is 1.08. The van der Waals surface area contributed by atoms with Crippen LogP contribution in [0.3, 0.4) is 0 Å². The summed E-state index contributed by atoms with van der Waals surface area (Å²) >= 11 is 0. The van der Waals surface area contributed by atoms with Gasteiger partial charge in [0.05, 0.1) is 13.7 Å². The SMILES string of the molecule is CNCc1cc(OC)ccc1OC(C)COC. The average molecular weight is 239 g/mol. The van der Waals surface area contributed by atoms with E-state index in [9.17, 15) is 0 Å². The van der Waals surface area contributed by atoms with Crippen LogP contribution in [-0.2, 0) is 11.3 Å². The highest BCUT2D eigenvalue weighted by molar-refractivity contribution is 5.40. The van der Waals surface area contributed by atoms with Gasteiger partial charge in [-0.15, -0.1) is 0 Å². The molecule has 0 aliphatic rings. The van der Waals surface area contributed by atoms with Gasteiger partial charge in [0.15, 0.2) is 0 Å². The second-order valence-corrected chi connectivity index (χ2v) is 3.89. The first-order valence-electron chi connectivity index (χ1n) is 5.68. The predicted octanol–water partition coefficient (Wildman–Crippen LogP) is 1.83. The molecule has 4 heteroatoms. The third kappa shape index (κ3) is 4.24. The van der Waals surface area contributed by atoms with Crippen molar-refractivity contribution >= 4 is 0 Å². The van der Waals surface area contributed by atoms with Crippen LogP contribution >= 0.6 is 0 Å². The Kier molecular flexibility index (Phi) is 5.80. The Morgan fingerprint density at radius 1 is 1.29 bits per heavy atom. The lowest BCUT2D eigenvalue weighted by Gasteiger charge is -2.17. The molecule has 1 N–H and O–H groups in total. The van der Waals surface area contributed by atoms with Gasteiger partial charge in [-0.3, -0.25) is 0 Å². The second-order valence-electron chi connectivity index (χ2n) is 3.89. The van der Waals surface area contributed by atoms with Gasteiger partial charge in [-0.2, -0.15) is 0 Å². The zero-order valence-electron chi connectivity index (χ0n) is 10.9. The molecule has 0 saturated heterocycles. The van der Waals surface area contributed by atoms with E-state index in [-0.39, 0.29) is 6.10 Å². The van der Waals surface area contributed by atoms with Gasteiger partial charge in [-0.1, -0.05) is 0 Å². The molecule has 0 aliphatic carbocycles. The molecule has 0 aromatic heterocycles. The molecule has 1 atom stereocenters. The maximum Gasteiger partial charge on any atom is 0.124 e. The highest BCUT2D eigenvalue weighted by atomic mass is 16.5. The lowest BCUT2D eigenvalue weighted by molar-refractivity contribution is 0.0913. The summed E-state index contributed by atoms with van der Waals surface area (Å²) in [6.45, 7) is 3.30. The molecule has 0 saturated carbocycles. The summed E-state index contributed by atoms with van der Waals surface area (Å²) in [6, 6.07) is 5.80. The Balaban J connectivity index is 2.81. The summed E-state index contributed by atoms with van der Waals surface area (Å²) in [4.78, 5) is 0. The Morgan fingerprint density at radius 2 is 2.06 bits per heavy atom. The van der Waals surface area contributed by atoms with Gasteiger partial charge in [-0.25, -0.2) is 0 Å². The molecule has 1 unspecified atom stereocenters. The van der Waals surface area contributed by atoms with Crippen molar-refractivity contribution in [3.8, 4) is 11.5 Å². The fraction of sp³-hybridized carbons (Fsp3) is 0.538. The van der Waals surface area contributed by atoms with Crippen molar-refractivity contribution in [3.05, 3.63) is 23.8 Å². The third-order valence-electron chi connectivity index (χ3n) is 2.36. The summed E-state index contributed by atoms with van der Waals surface area (Å²) in [5.74, 6) is 1.70. The number of benzene rings is 1. The van der Waals surface area contributed by atoms with Crippen LogP contribution in [0.25, 0.3) is 0 Å². The number of nitrogens with one attached hydrogen (secondary N) is 1. The van der Waals surface area contributed by atoms with Gasteiger partial charge >= 0.3 is 0 Å². The van der Waals surface area contributed by atoms with Gasteiger partial charge in [0.25, 0.3) is 0 Å². The number of hydrogen-bond acceptors (Lipinski definition) is 4. The fourth-order valence-electron chi connectivity index (χ4n) is 1.61. The predicted molar refractivity (Wildman–Crippen MR) is 67.7 cm³/mol. The second kappa shape index (κ2) is 7.14. The molecule has 1 aromatic rings. The zero-order chi connectivity index (χ0) is 12.7. The highest BCUT2D eigenvalue weighted by Gasteiger charge is 2.09. The van der Waals surface area contributed by atoms with Crippen LogP contribution in [-0.4, -0.2) is 34.0 Å². The van der Waals surface area contributed by atoms with Crippen LogP contribution < -0.4 is 14.8 Å². The minimum absolute atomic E-state index is 0.0315. The van der Waals surface area contributed by atoms with Gasteiger partial charge in [0, 0.05) is 19.2 Å². The maximum absolute atomic E-state index is 5.82. The number of methoxy groups -OCH3 is 2. The van der Waals surface area contributed by atoms with Crippen molar-refractivity contribution in [2.24, 2.45) is 0 Å². The van der Waals surface area contributed by atoms with E-state index in [1.807, 2.05) is 32.2 Å². The molecule has 0 heterocycles. The van der Waals surface area contributed by atoms with Crippen molar-refractivity contribution in [2.45, 2.75) is 19.6 Å². The topological polar surface area (TPSA) is 39.7 Å². The average Bonchev–Trinajstić information content (AvgIpc) is 2.32. The van der Waals surface area contributed by atoms with Crippen molar-refractivity contribution in [2.75, 3.05) is 27.9 Å². The van der Waals surface area contributed by atoms with Gasteiger partial charge in [0.2, 0.25) is 0 Å². The third-order valence-corrected chi connectivity index (χ3v) is 2.36. The lowest BCUT2D eigenvalue weighted by Crippen LogP contribution is -2.19. The quantitative estimate of drug-likeness (QED) is 0.788. The molecule has 0 amide bonds. The van der Waals surface area contributed by atoms with Crippen LogP contribution in [0.15, 0.2) is 18.2 Å². The smallest absolute Gasteiger partial charge is 0.124 e. The normalized spacial score (nSPS) is 12.2. The van der Waals surface area contributed by atoms with E-state index in [1.54, 1.807) is 14.2 Å². The lowest BCUT2D eigenvalue weighted by atomic mass is 10.2. The summed E-state index contributed by atoms with van der Waals surface area (Å²) < 4.78 is 16.1. The van der Waals surface area contributed by atoms with Crippen LogP contribution in [0, 0.1) is 0 Å². The minimum atomic E-state index is 0.0315. The monoisotopic (exact) mass is 239 g/mol. The Hall–Kier alpha value is -1.26. The van der Waals surface area contributed by atoms with Crippen molar-refractivity contribution in [1.29, 1.82) is 0 Å². The molecule has 0 bridgehead atoms. The molecule has 4 nitrogen and oxygen atoms in total. The van der Waals surface area contributed by atoms with E-state index < -0.39 is 0 Å². The van der Waals surface area contributed by atoms with E-state index in [4.69, 9.17) is 14.2 Å². The van der Waals surface area contributed by atoms with E-state index >= 15 is 0 Å². The molecule has 17 heavy (non-hydrogen) atoms. The van der Waals surface area contributed by atoms with Crippen molar-refractivity contribution in [3.63, 3.8) is 0 Å². The van der Waals surface area contributed by atoms with Crippen molar-refractivity contribution in [1.82, 2.24) is 5.32 Å². The molecule has 96 valence electrons. The zero-order valence-corrected chi connectivity index (χ0v) is 10.9. The van der Waals surface area contributed by atoms with E-state index in [2.05, 4.69) is 5.32 Å². The standard InChI is InChI=1S/C13H21NO3/c1-10(9-15-3)17-13-6-5-12(16-4)7-11(13)8-14-2/h5-7,10,14H,8-9H2,1-4H3. The van der Waals surface area contributed by atoms with Crippen LogP contribution in [0.4, 0.5) is 0 Å². The number of ether oxygens (including phenoxy) is 3. The maximum atomic E-state index is 5.82.